The van der Waals surface area contributed by atoms with Gasteiger partial charge >= 0.3 is 6.18 Å². The molecule has 2 rings (SSSR count). The average Bonchev–Trinajstić information content (AvgIpc) is 2.58. The first-order valence-electron chi connectivity index (χ1n) is 5.16. The van der Waals surface area contributed by atoms with Crippen LogP contribution in [0.4, 0.5) is 18.9 Å². The van der Waals surface area contributed by atoms with Crippen molar-refractivity contribution >= 4 is 11.5 Å². The van der Waals surface area contributed by atoms with Crippen LogP contribution in [0.2, 0.25) is 0 Å². The lowest BCUT2D eigenvalue weighted by Gasteiger charge is -2.16. The van der Waals surface area contributed by atoms with Crippen molar-refractivity contribution in [3.63, 3.8) is 0 Å². The quantitative estimate of drug-likeness (QED) is 0.823. The van der Waals surface area contributed by atoms with Crippen molar-refractivity contribution in [3.8, 4) is 0 Å². The van der Waals surface area contributed by atoms with E-state index in [2.05, 4.69) is 5.10 Å². The molecule has 1 unspecified atom stereocenters. The van der Waals surface area contributed by atoms with Gasteiger partial charge in [-0.25, -0.2) is 0 Å². The van der Waals surface area contributed by atoms with Gasteiger partial charge in [0.1, 0.15) is 5.84 Å². The second-order valence-corrected chi connectivity index (χ2v) is 4.06. The molecular weight excluding hydrogens is 231 g/mol. The van der Waals surface area contributed by atoms with Gasteiger partial charge in [0.2, 0.25) is 0 Å². The lowest BCUT2D eigenvalue weighted by Crippen LogP contribution is -2.20. The van der Waals surface area contributed by atoms with Crippen molar-refractivity contribution in [2.45, 2.75) is 13.1 Å². The standard InChI is InChI=1S/C11H12F3N3/c1-7-6-17(16-10(7)15)9-4-2-3-8(5-9)11(12,13)14/h2-5,7H,6H2,1H3,(H2,15,16). The third kappa shape index (κ3) is 2.35. The molecule has 1 aromatic carbocycles. The van der Waals surface area contributed by atoms with Crippen molar-refractivity contribution in [2.24, 2.45) is 16.8 Å². The molecule has 0 saturated heterocycles. The van der Waals surface area contributed by atoms with E-state index in [-0.39, 0.29) is 5.92 Å². The van der Waals surface area contributed by atoms with Crippen molar-refractivity contribution in [3.05, 3.63) is 29.8 Å². The number of halogens is 3. The molecule has 0 fully saturated rings. The second-order valence-electron chi connectivity index (χ2n) is 4.06. The van der Waals surface area contributed by atoms with E-state index in [4.69, 9.17) is 5.73 Å². The average molecular weight is 243 g/mol. The van der Waals surface area contributed by atoms with E-state index in [9.17, 15) is 13.2 Å². The molecule has 1 aliphatic rings. The van der Waals surface area contributed by atoms with E-state index in [1.807, 2.05) is 6.92 Å². The molecule has 92 valence electrons. The summed E-state index contributed by atoms with van der Waals surface area (Å²) < 4.78 is 37.6. The number of alkyl halides is 3. The number of amidine groups is 1. The molecule has 0 radical (unpaired) electrons. The summed E-state index contributed by atoms with van der Waals surface area (Å²) in [7, 11) is 0. The Bertz CT molecular complexity index is 454. The summed E-state index contributed by atoms with van der Waals surface area (Å²) in [4.78, 5) is 0. The van der Waals surface area contributed by atoms with Gasteiger partial charge in [-0.2, -0.15) is 18.3 Å². The number of hydrogen-bond acceptors (Lipinski definition) is 3. The fraction of sp³-hybridized carbons (Fsp3) is 0.364. The number of hydrogen-bond donors (Lipinski definition) is 1. The molecule has 0 aromatic heterocycles. The Morgan fingerprint density at radius 2 is 2.12 bits per heavy atom. The summed E-state index contributed by atoms with van der Waals surface area (Å²) in [6.07, 6.45) is -4.34. The van der Waals surface area contributed by atoms with E-state index < -0.39 is 11.7 Å². The highest BCUT2D eigenvalue weighted by atomic mass is 19.4. The smallest absolute Gasteiger partial charge is 0.385 e. The first-order valence-corrected chi connectivity index (χ1v) is 5.16. The van der Waals surface area contributed by atoms with E-state index in [0.717, 1.165) is 12.1 Å². The molecular formula is C11H12F3N3. The molecule has 1 heterocycles. The van der Waals surface area contributed by atoms with Crippen LogP contribution < -0.4 is 10.7 Å². The van der Waals surface area contributed by atoms with E-state index in [0.29, 0.717) is 18.1 Å². The number of rotatable bonds is 1. The zero-order valence-electron chi connectivity index (χ0n) is 9.20. The topological polar surface area (TPSA) is 41.6 Å². The van der Waals surface area contributed by atoms with E-state index in [1.165, 1.54) is 11.1 Å². The molecule has 3 nitrogen and oxygen atoms in total. The van der Waals surface area contributed by atoms with Gasteiger partial charge in [0.25, 0.3) is 0 Å². The predicted molar refractivity (Wildman–Crippen MR) is 59.6 cm³/mol. The van der Waals surface area contributed by atoms with E-state index in [1.54, 1.807) is 6.07 Å². The highest BCUT2D eigenvalue weighted by Crippen LogP contribution is 2.32. The monoisotopic (exact) mass is 243 g/mol. The van der Waals surface area contributed by atoms with Crippen LogP contribution in [-0.4, -0.2) is 12.4 Å². The lowest BCUT2D eigenvalue weighted by molar-refractivity contribution is -0.137. The first-order chi connectivity index (χ1) is 7.88. The van der Waals surface area contributed by atoms with Gasteiger partial charge in [-0.15, -0.1) is 0 Å². The van der Waals surface area contributed by atoms with E-state index >= 15 is 0 Å². The minimum atomic E-state index is -4.34. The maximum Gasteiger partial charge on any atom is 0.416 e. The van der Waals surface area contributed by atoms with Crippen LogP contribution in [0.25, 0.3) is 0 Å². The zero-order valence-corrected chi connectivity index (χ0v) is 9.20. The van der Waals surface area contributed by atoms with Crippen LogP contribution in [-0.2, 0) is 6.18 Å². The summed E-state index contributed by atoms with van der Waals surface area (Å²) in [5, 5.41) is 5.52. The van der Waals surface area contributed by atoms with Gasteiger partial charge in [0.15, 0.2) is 0 Å². The van der Waals surface area contributed by atoms with Crippen LogP contribution in [0.3, 0.4) is 0 Å². The Morgan fingerprint density at radius 1 is 1.41 bits per heavy atom. The molecule has 0 saturated carbocycles. The molecule has 0 bridgehead atoms. The number of nitrogens with zero attached hydrogens (tertiary/aromatic N) is 2. The number of nitrogens with two attached hydrogens (primary N) is 1. The molecule has 0 amide bonds. The Kier molecular flexibility index (Phi) is 2.73. The third-order valence-corrected chi connectivity index (χ3v) is 2.66. The summed E-state index contributed by atoms with van der Waals surface area (Å²) in [6.45, 7) is 2.39. The molecule has 0 spiro atoms. The highest BCUT2D eigenvalue weighted by molar-refractivity contribution is 5.86. The minimum absolute atomic E-state index is 0.0598. The van der Waals surface area contributed by atoms with Crippen molar-refractivity contribution in [1.82, 2.24) is 0 Å². The maximum absolute atomic E-state index is 12.5. The second kappa shape index (κ2) is 3.94. The number of benzene rings is 1. The number of anilines is 1. The third-order valence-electron chi connectivity index (χ3n) is 2.66. The largest absolute Gasteiger partial charge is 0.416 e. The van der Waals surface area contributed by atoms with Crippen LogP contribution in [0.1, 0.15) is 12.5 Å². The fourth-order valence-electron chi connectivity index (χ4n) is 1.64. The minimum Gasteiger partial charge on any atom is -0.385 e. The van der Waals surface area contributed by atoms with Crippen LogP contribution in [0.5, 0.6) is 0 Å². The zero-order chi connectivity index (χ0) is 12.6. The fourth-order valence-corrected chi connectivity index (χ4v) is 1.64. The summed E-state index contributed by atoms with van der Waals surface area (Å²) in [5.74, 6) is 0.506. The summed E-state index contributed by atoms with van der Waals surface area (Å²) in [6, 6.07) is 5.07. The van der Waals surface area contributed by atoms with Gasteiger partial charge in [-0.05, 0) is 18.2 Å². The molecule has 2 N–H and O–H groups in total. The van der Waals surface area contributed by atoms with Crippen LogP contribution in [0, 0.1) is 5.92 Å². The van der Waals surface area contributed by atoms with Crippen LogP contribution in [0.15, 0.2) is 29.4 Å². The first kappa shape index (κ1) is 11.8. The Labute approximate surface area is 96.7 Å². The lowest BCUT2D eigenvalue weighted by atomic mass is 10.1. The molecule has 1 atom stereocenters. The van der Waals surface area contributed by atoms with Crippen molar-refractivity contribution in [1.29, 1.82) is 0 Å². The predicted octanol–water partition coefficient (Wildman–Crippen LogP) is 2.43. The normalized spacial score (nSPS) is 20.6. The van der Waals surface area contributed by atoms with Crippen LogP contribution >= 0.6 is 0 Å². The van der Waals surface area contributed by atoms with Gasteiger partial charge in [0, 0.05) is 5.92 Å². The molecule has 1 aromatic rings. The molecule has 6 heteroatoms. The Morgan fingerprint density at radius 3 is 2.65 bits per heavy atom. The SMILES string of the molecule is CC1CN(c2cccc(C(F)(F)F)c2)N=C1N. The molecule has 17 heavy (non-hydrogen) atoms. The van der Waals surface area contributed by atoms with Gasteiger partial charge in [0.05, 0.1) is 17.8 Å². The van der Waals surface area contributed by atoms with Crippen molar-refractivity contribution in [2.75, 3.05) is 11.6 Å². The maximum atomic E-state index is 12.5. The van der Waals surface area contributed by atoms with Gasteiger partial charge in [-0.3, -0.25) is 5.01 Å². The van der Waals surface area contributed by atoms with Crippen molar-refractivity contribution < 1.29 is 13.2 Å². The summed E-state index contributed by atoms with van der Waals surface area (Å²) in [5.41, 5.74) is 5.35. The van der Waals surface area contributed by atoms with Gasteiger partial charge < -0.3 is 5.73 Å². The molecule has 0 aliphatic carbocycles. The number of hydrazone groups is 1. The Hall–Kier alpha value is -1.72. The Balaban J connectivity index is 2.29. The molecule has 1 aliphatic heterocycles. The van der Waals surface area contributed by atoms with Gasteiger partial charge in [-0.1, -0.05) is 13.0 Å². The highest BCUT2D eigenvalue weighted by Gasteiger charge is 2.31. The summed E-state index contributed by atoms with van der Waals surface area (Å²) >= 11 is 0.